The Balaban J connectivity index is 2.86. The molecule has 0 aromatic carbocycles. The van der Waals surface area contributed by atoms with E-state index in [-0.39, 0.29) is 0 Å². The van der Waals surface area contributed by atoms with Crippen LogP contribution in [0.4, 0.5) is 0 Å². The first-order valence-electron chi connectivity index (χ1n) is 2.91. The van der Waals surface area contributed by atoms with E-state index in [9.17, 15) is 0 Å². The first kappa shape index (κ1) is 5.34. The van der Waals surface area contributed by atoms with Gasteiger partial charge >= 0.3 is 0 Å². The molecule has 0 aliphatic carbocycles. The third kappa shape index (κ3) is 0.655. The molecule has 0 bridgehead atoms. The lowest BCUT2D eigenvalue weighted by Gasteiger charge is -1.85. The van der Waals surface area contributed by atoms with Crippen molar-refractivity contribution in [3.05, 3.63) is 18.0 Å². The zero-order valence-corrected chi connectivity index (χ0v) is 5.40. The Bertz CT molecular complexity index is 355. The van der Waals surface area contributed by atoms with E-state index in [1.807, 2.05) is 13.0 Å². The second-order valence-corrected chi connectivity index (χ2v) is 2.08. The van der Waals surface area contributed by atoms with Gasteiger partial charge in [0.2, 0.25) is 5.65 Å². The Morgan fingerprint density at radius 3 is 3.20 bits per heavy atom. The molecular formula is C6H5N3O. The van der Waals surface area contributed by atoms with Crippen LogP contribution in [0.15, 0.2) is 16.9 Å². The lowest BCUT2D eigenvalue weighted by molar-refractivity contribution is 0.426. The van der Waals surface area contributed by atoms with E-state index in [1.165, 1.54) is 0 Å². The predicted molar refractivity (Wildman–Crippen MR) is 34.3 cm³/mol. The van der Waals surface area contributed by atoms with Crippen molar-refractivity contribution in [2.24, 2.45) is 0 Å². The summed E-state index contributed by atoms with van der Waals surface area (Å²) in [6.07, 6.45) is 1.55. The van der Waals surface area contributed by atoms with Gasteiger partial charge in [0.25, 0.3) is 0 Å². The third-order valence-electron chi connectivity index (χ3n) is 1.24. The molecule has 2 aromatic heterocycles. The highest BCUT2D eigenvalue weighted by atomic mass is 16.5. The molecule has 2 aromatic rings. The van der Waals surface area contributed by atoms with Gasteiger partial charge in [-0.05, 0) is 13.0 Å². The van der Waals surface area contributed by atoms with E-state index in [2.05, 4.69) is 19.9 Å². The van der Waals surface area contributed by atoms with Crippen LogP contribution in [-0.2, 0) is 0 Å². The Labute approximate surface area is 56.9 Å². The fourth-order valence-corrected chi connectivity index (χ4v) is 0.793. The molecule has 2 rings (SSSR count). The van der Waals surface area contributed by atoms with Crippen molar-refractivity contribution in [2.75, 3.05) is 0 Å². The monoisotopic (exact) mass is 135 g/mol. The average Bonchev–Trinajstić information content (AvgIpc) is 2.33. The van der Waals surface area contributed by atoms with Crippen molar-refractivity contribution in [1.29, 1.82) is 0 Å². The number of fused-ring (bicyclic) bond motifs is 1. The lowest BCUT2D eigenvalue weighted by Crippen LogP contribution is -1.84. The average molecular weight is 135 g/mol. The van der Waals surface area contributed by atoms with Crippen molar-refractivity contribution < 1.29 is 4.52 Å². The van der Waals surface area contributed by atoms with E-state index >= 15 is 0 Å². The molecule has 0 atom stereocenters. The van der Waals surface area contributed by atoms with Crippen molar-refractivity contribution in [3.8, 4) is 0 Å². The van der Waals surface area contributed by atoms with Crippen molar-refractivity contribution in [3.63, 3.8) is 0 Å². The molecule has 10 heavy (non-hydrogen) atoms. The van der Waals surface area contributed by atoms with E-state index in [4.69, 9.17) is 0 Å². The minimum absolute atomic E-state index is 0.561. The predicted octanol–water partition coefficient (Wildman–Crippen LogP) is 0.926. The SMILES string of the molecule is Cc1cc2conc2nn1. The molecule has 2 heterocycles. The molecule has 4 nitrogen and oxygen atoms in total. The standard InChI is InChI=1S/C6H5N3O/c1-4-2-5-3-10-9-6(5)8-7-4/h2-3H,1H3. The Morgan fingerprint density at radius 1 is 1.40 bits per heavy atom. The maximum Gasteiger partial charge on any atom is 0.223 e. The van der Waals surface area contributed by atoms with Crippen LogP contribution in [0, 0.1) is 6.92 Å². The van der Waals surface area contributed by atoms with Gasteiger partial charge in [0.1, 0.15) is 6.26 Å². The number of hydrogen-bond donors (Lipinski definition) is 0. The Morgan fingerprint density at radius 2 is 2.30 bits per heavy atom. The summed E-state index contributed by atoms with van der Waals surface area (Å²) in [6.45, 7) is 1.87. The summed E-state index contributed by atoms with van der Waals surface area (Å²) < 4.78 is 4.67. The van der Waals surface area contributed by atoms with E-state index in [0.29, 0.717) is 5.65 Å². The van der Waals surface area contributed by atoms with Crippen LogP contribution < -0.4 is 0 Å². The van der Waals surface area contributed by atoms with Crippen LogP contribution in [0.5, 0.6) is 0 Å². The van der Waals surface area contributed by atoms with E-state index < -0.39 is 0 Å². The van der Waals surface area contributed by atoms with Gasteiger partial charge in [-0.1, -0.05) is 5.16 Å². The molecule has 0 N–H and O–H groups in total. The van der Waals surface area contributed by atoms with Crippen molar-refractivity contribution >= 4 is 11.0 Å². The summed E-state index contributed by atoms with van der Waals surface area (Å²) in [5.41, 5.74) is 1.43. The molecule has 0 aliphatic rings. The van der Waals surface area contributed by atoms with Crippen LogP contribution in [0.3, 0.4) is 0 Å². The zero-order valence-electron chi connectivity index (χ0n) is 5.40. The maximum atomic E-state index is 4.67. The number of aromatic nitrogens is 3. The number of hydrogen-bond acceptors (Lipinski definition) is 4. The quantitative estimate of drug-likeness (QED) is 0.539. The van der Waals surface area contributed by atoms with Crippen LogP contribution in [0.25, 0.3) is 11.0 Å². The minimum Gasteiger partial charge on any atom is -0.362 e. The van der Waals surface area contributed by atoms with Gasteiger partial charge < -0.3 is 4.52 Å². The van der Waals surface area contributed by atoms with Crippen molar-refractivity contribution in [2.45, 2.75) is 6.92 Å². The Kier molecular flexibility index (Phi) is 0.943. The van der Waals surface area contributed by atoms with Gasteiger partial charge in [-0.3, -0.25) is 0 Å². The molecule has 0 saturated heterocycles. The molecular weight excluding hydrogens is 130 g/mol. The normalized spacial score (nSPS) is 10.5. The summed E-state index contributed by atoms with van der Waals surface area (Å²) in [7, 11) is 0. The van der Waals surface area contributed by atoms with Crippen molar-refractivity contribution in [1.82, 2.24) is 15.4 Å². The first-order chi connectivity index (χ1) is 4.86. The second kappa shape index (κ2) is 1.76. The number of rotatable bonds is 0. The van der Waals surface area contributed by atoms with Crippen LogP contribution in [-0.4, -0.2) is 15.4 Å². The van der Waals surface area contributed by atoms with E-state index in [0.717, 1.165) is 11.1 Å². The summed E-state index contributed by atoms with van der Waals surface area (Å²) >= 11 is 0. The summed E-state index contributed by atoms with van der Waals surface area (Å²) in [4.78, 5) is 0. The largest absolute Gasteiger partial charge is 0.362 e. The molecule has 0 saturated carbocycles. The van der Waals surface area contributed by atoms with Gasteiger partial charge in [0.05, 0.1) is 11.1 Å². The molecule has 0 radical (unpaired) electrons. The molecule has 0 aliphatic heterocycles. The zero-order chi connectivity index (χ0) is 6.97. The fourth-order valence-electron chi connectivity index (χ4n) is 0.793. The van der Waals surface area contributed by atoms with Gasteiger partial charge in [0.15, 0.2) is 0 Å². The van der Waals surface area contributed by atoms with Crippen LogP contribution in [0.2, 0.25) is 0 Å². The van der Waals surface area contributed by atoms with Crippen LogP contribution in [0.1, 0.15) is 5.69 Å². The molecule has 0 fully saturated rings. The third-order valence-corrected chi connectivity index (χ3v) is 1.24. The summed E-state index contributed by atoms with van der Waals surface area (Å²) in [5, 5.41) is 12.1. The lowest BCUT2D eigenvalue weighted by atomic mass is 10.3. The van der Waals surface area contributed by atoms with Gasteiger partial charge in [-0.2, -0.15) is 5.10 Å². The molecule has 0 amide bonds. The van der Waals surface area contributed by atoms with Gasteiger partial charge in [-0.25, -0.2) is 0 Å². The maximum absolute atomic E-state index is 4.67. The smallest absolute Gasteiger partial charge is 0.223 e. The molecule has 0 unspecified atom stereocenters. The topological polar surface area (TPSA) is 51.8 Å². The minimum atomic E-state index is 0.561. The highest BCUT2D eigenvalue weighted by Gasteiger charge is 1.98. The van der Waals surface area contributed by atoms with Gasteiger partial charge in [0, 0.05) is 0 Å². The Hall–Kier alpha value is -1.45. The summed E-state index contributed by atoms with van der Waals surface area (Å²) in [6, 6.07) is 1.87. The fraction of sp³-hybridized carbons (Fsp3) is 0.167. The molecule has 50 valence electrons. The summed E-state index contributed by atoms with van der Waals surface area (Å²) in [5.74, 6) is 0. The second-order valence-electron chi connectivity index (χ2n) is 2.08. The highest BCUT2D eigenvalue weighted by molar-refractivity contribution is 5.72. The number of nitrogens with zero attached hydrogens (tertiary/aromatic N) is 3. The molecule has 0 spiro atoms. The molecule has 4 heteroatoms. The number of aryl methyl sites for hydroxylation is 1. The van der Waals surface area contributed by atoms with Gasteiger partial charge in [-0.15, -0.1) is 5.10 Å². The van der Waals surface area contributed by atoms with E-state index in [1.54, 1.807) is 6.26 Å². The highest BCUT2D eigenvalue weighted by Crippen LogP contribution is 2.07. The first-order valence-corrected chi connectivity index (χ1v) is 2.91. The van der Waals surface area contributed by atoms with Crippen LogP contribution >= 0.6 is 0 Å².